The molecule has 14 heavy (non-hydrogen) atoms. The Bertz CT molecular complexity index is 247. The van der Waals surface area contributed by atoms with Crippen molar-refractivity contribution in [1.82, 2.24) is 9.03 Å². The van der Waals surface area contributed by atoms with Crippen molar-refractivity contribution in [3.05, 3.63) is 0 Å². The molecule has 1 fully saturated rings. The fourth-order valence-electron chi connectivity index (χ4n) is 1.26. The molecule has 0 aromatic rings. The van der Waals surface area contributed by atoms with Crippen molar-refractivity contribution < 1.29 is 13.2 Å². The van der Waals surface area contributed by atoms with Gasteiger partial charge in [0.1, 0.15) is 0 Å². The number of hydrogen-bond acceptors (Lipinski definition) is 3. The lowest BCUT2D eigenvalue weighted by Crippen LogP contribution is -2.46. The Morgan fingerprint density at radius 2 is 2.00 bits per heavy atom. The SMILES string of the molecule is CCCCNS(=O)(=O)N1CCOCC1. The van der Waals surface area contributed by atoms with Crippen molar-refractivity contribution in [3.63, 3.8) is 0 Å². The molecule has 0 aromatic carbocycles. The zero-order valence-corrected chi connectivity index (χ0v) is 9.35. The first-order valence-electron chi connectivity index (χ1n) is 4.99. The second-order valence-electron chi connectivity index (χ2n) is 3.26. The van der Waals surface area contributed by atoms with Crippen molar-refractivity contribution in [1.29, 1.82) is 0 Å². The van der Waals surface area contributed by atoms with Crippen molar-refractivity contribution in [2.75, 3.05) is 32.8 Å². The largest absolute Gasteiger partial charge is 0.379 e. The van der Waals surface area contributed by atoms with Crippen molar-refractivity contribution in [3.8, 4) is 0 Å². The Kier molecular flexibility index (Phi) is 4.80. The van der Waals surface area contributed by atoms with E-state index in [-0.39, 0.29) is 0 Å². The van der Waals surface area contributed by atoms with E-state index in [2.05, 4.69) is 4.72 Å². The fourth-order valence-corrected chi connectivity index (χ4v) is 2.47. The van der Waals surface area contributed by atoms with Gasteiger partial charge in [-0.05, 0) is 6.42 Å². The maximum Gasteiger partial charge on any atom is 0.279 e. The van der Waals surface area contributed by atoms with Gasteiger partial charge in [0.05, 0.1) is 13.2 Å². The van der Waals surface area contributed by atoms with Gasteiger partial charge in [-0.15, -0.1) is 0 Å². The molecule has 1 aliphatic rings. The first-order valence-corrected chi connectivity index (χ1v) is 6.43. The number of hydrogen-bond donors (Lipinski definition) is 1. The van der Waals surface area contributed by atoms with Crippen LogP contribution in [0.25, 0.3) is 0 Å². The molecule has 0 atom stereocenters. The van der Waals surface area contributed by atoms with Crippen LogP contribution in [0.5, 0.6) is 0 Å². The van der Waals surface area contributed by atoms with Crippen molar-refractivity contribution >= 4 is 10.2 Å². The number of ether oxygens (including phenoxy) is 1. The lowest BCUT2D eigenvalue weighted by atomic mass is 10.3. The van der Waals surface area contributed by atoms with Crippen LogP contribution in [0.15, 0.2) is 0 Å². The monoisotopic (exact) mass is 222 g/mol. The topological polar surface area (TPSA) is 58.6 Å². The molecule has 1 heterocycles. The second kappa shape index (κ2) is 5.65. The molecule has 1 N–H and O–H groups in total. The third-order valence-electron chi connectivity index (χ3n) is 2.12. The Labute approximate surface area is 85.6 Å². The van der Waals surface area contributed by atoms with Gasteiger partial charge in [0.15, 0.2) is 0 Å². The first kappa shape index (κ1) is 11.9. The standard InChI is InChI=1S/C8H18N2O3S/c1-2-3-4-9-14(11,12)10-5-7-13-8-6-10/h9H,2-8H2,1H3. The number of nitrogens with one attached hydrogen (secondary N) is 1. The predicted molar refractivity (Wildman–Crippen MR) is 54.2 cm³/mol. The second-order valence-corrected chi connectivity index (χ2v) is 5.02. The number of unbranched alkanes of at least 4 members (excludes halogenated alkanes) is 1. The molecule has 0 aliphatic carbocycles. The summed E-state index contributed by atoms with van der Waals surface area (Å²) in [5.74, 6) is 0. The van der Waals surface area contributed by atoms with Crippen LogP contribution in [0.2, 0.25) is 0 Å². The van der Waals surface area contributed by atoms with Gasteiger partial charge in [-0.3, -0.25) is 0 Å². The molecule has 5 nitrogen and oxygen atoms in total. The number of rotatable bonds is 5. The Morgan fingerprint density at radius 3 is 2.57 bits per heavy atom. The molecule has 0 aromatic heterocycles. The molecule has 0 radical (unpaired) electrons. The molecule has 0 unspecified atom stereocenters. The van der Waals surface area contributed by atoms with E-state index in [0.717, 1.165) is 12.8 Å². The fraction of sp³-hybridized carbons (Fsp3) is 1.00. The average molecular weight is 222 g/mol. The summed E-state index contributed by atoms with van der Waals surface area (Å²) < 4.78 is 32.3. The minimum Gasteiger partial charge on any atom is -0.379 e. The number of morpholine rings is 1. The van der Waals surface area contributed by atoms with Crippen LogP contribution in [-0.2, 0) is 14.9 Å². The maximum absolute atomic E-state index is 11.6. The van der Waals surface area contributed by atoms with Crippen LogP contribution in [-0.4, -0.2) is 45.6 Å². The highest BCUT2D eigenvalue weighted by molar-refractivity contribution is 7.87. The van der Waals surface area contributed by atoms with E-state index >= 15 is 0 Å². The van der Waals surface area contributed by atoms with Gasteiger partial charge in [-0.25, -0.2) is 4.72 Å². The Hall–Kier alpha value is -0.170. The van der Waals surface area contributed by atoms with E-state index in [1.807, 2.05) is 6.92 Å². The van der Waals surface area contributed by atoms with Crippen LogP contribution in [0.3, 0.4) is 0 Å². The summed E-state index contributed by atoms with van der Waals surface area (Å²) in [6, 6.07) is 0. The van der Waals surface area contributed by atoms with Gasteiger partial charge >= 0.3 is 0 Å². The highest BCUT2D eigenvalue weighted by Crippen LogP contribution is 2.02. The highest BCUT2D eigenvalue weighted by Gasteiger charge is 2.22. The quantitative estimate of drug-likeness (QED) is 0.664. The molecule has 0 saturated carbocycles. The van der Waals surface area contributed by atoms with Crippen LogP contribution < -0.4 is 4.72 Å². The molecule has 1 rings (SSSR count). The van der Waals surface area contributed by atoms with E-state index in [1.165, 1.54) is 4.31 Å². The van der Waals surface area contributed by atoms with Gasteiger partial charge < -0.3 is 4.74 Å². The molecule has 0 spiro atoms. The van der Waals surface area contributed by atoms with E-state index in [9.17, 15) is 8.42 Å². The molecule has 6 heteroatoms. The molecule has 84 valence electrons. The molecule has 1 aliphatic heterocycles. The van der Waals surface area contributed by atoms with Crippen LogP contribution in [0.1, 0.15) is 19.8 Å². The minimum absolute atomic E-state index is 0.460. The van der Waals surface area contributed by atoms with Gasteiger partial charge in [0.2, 0.25) is 0 Å². The van der Waals surface area contributed by atoms with Gasteiger partial charge in [-0.2, -0.15) is 12.7 Å². The van der Waals surface area contributed by atoms with E-state index in [1.54, 1.807) is 0 Å². The smallest absolute Gasteiger partial charge is 0.279 e. The summed E-state index contributed by atoms with van der Waals surface area (Å²) in [6.45, 7) is 4.46. The van der Waals surface area contributed by atoms with Gasteiger partial charge in [0, 0.05) is 19.6 Å². The van der Waals surface area contributed by atoms with Crippen molar-refractivity contribution in [2.24, 2.45) is 0 Å². The normalized spacial score (nSPS) is 19.8. The van der Waals surface area contributed by atoms with Gasteiger partial charge in [0.25, 0.3) is 10.2 Å². The van der Waals surface area contributed by atoms with Crippen molar-refractivity contribution in [2.45, 2.75) is 19.8 Å². The molecular weight excluding hydrogens is 204 g/mol. The summed E-state index contributed by atoms with van der Waals surface area (Å²) in [5.41, 5.74) is 0. The summed E-state index contributed by atoms with van der Waals surface area (Å²) in [7, 11) is -3.25. The first-order chi connectivity index (χ1) is 6.67. The lowest BCUT2D eigenvalue weighted by Gasteiger charge is -2.25. The molecule has 0 amide bonds. The zero-order valence-electron chi connectivity index (χ0n) is 8.53. The van der Waals surface area contributed by atoms with Crippen LogP contribution >= 0.6 is 0 Å². The summed E-state index contributed by atoms with van der Waals surface area (Å²) in [6.07, 6.45) is 1.87. The molecular formula is C8H18N2O3S. The highest BCUT2D eigenvalue weighted by atomic mass is 32.2. The maximum atomic E-state index is 11.6. The Balaban J connectivity index is 2.38. The number of nitrogens with zero attached hydrogens (tertiary/aromatic N) is 1. The van der Waals surface area contributed by atoms with E-state index in [4.69, 9.17) is 4.74 Å². The zero-order chi connectivity index (χ0) is 10.4. The lowest BCUT2D eigenvalue weighted by molar-refractivity contribution is 0.0725. The van der Waals surface area contributed by atoms with Crippen LogP contribution in [0.4, 0.5) is 0 Å². The Morgan fingerprint density at radius 1 is 1.36 bits per heavy atom. The van der Waals surface area contributed by atoms with Crippen LogP contribution in [0, 0.1) is 0 Å². The van der Waals surface area contributed by atoms with E-state index in [0.29, 0.717) is 32.8 Å². The molecule has 0 bridgehead atoms. The summed E-state index contributed by atoms with van der Waals surface area (Å²) in [5, 5.41) is 0. The van der Waals surface area contributed by atoms with Gasteiger partial charge in [-0.1, -0.05) is 13.3 Å². The molecule has 1 saturated heterocycles. The average Bonchev–Trinajstić information content (AvgIpc) is 2.19. The van der Waals surface area contributed by atoms with E-state index < -0.39 is 10.2 Å². The third kappa shape index (κ3) is 3.53. The third-order valence-corrected chi connectivity index (χ3v) is 3.74. The minimum atomic E-state index is -3.25. The predicted octanol–water partition coefficient (Wildman–Crippen LogP) is -0.0469. The summed E-state index contributed by atoms with van der Waals surface area (Å²) >= 11 is 0. The summed E-state index contributed by atoms with van der Waals surface area (Å²) in [4.78, 5) is 0.